The van der Waals surface area contributed by atoms with Crippen LogP contribution in [0.1, 0.15) is 0 Å². The number of nitrogens with two attached hydrogens (primary N) is 1. The van der Waals surface area contributed by atoms with Crippen LogP contribution in [0.15, 0.2) is 0 Å². The number of aliphatic carboxylic acids is 2. The SMILES string of the molecule is NS(=O)(=O)O.O=C(O)C(=O)O. The predicted molar refractivity (Wildman–Crippen MR) is 31.0 cm³/mol. The molecule has 66 valence electrons. The summed E-state index contributed by atoms with van der Waals surface area (Å²) in [6.07, 6.45) is 0. The maximum absolute atomic E-state index is 9.10. The molecule has 0 atom stereocenters. The van der Waals surface area contributed by atoms with Gasteiger partial charge >= 0.3 is 22.2 Å². The lowest BCUT2D eigenvalue weighted by Crippen LogP contribution is -2.09. The highest BCUT2D eigenvalue weighted by Gasteiger charge is 2.04. The zero-order valence-electron chi connectivity index (χ0n) is 4.96. The molecule has 0 aromatic carbocycles. The standard InChI is InChI=1S/C2H2O4.H3NO3S/c3-1(4)2(5)6;1-5(2,3)4/h(H,3,4)(H,5,6);(H3,1,2,3,4). The monoisotopic (exact) mass is 187 g/mol. The van der Waals surface area contributed by atoms with E-state index in [1.165, 1.54) is 0 Å². The Morgan fingerprint density at radius 1 is 1.09 bits per heavy atom. The molecule has 0 fully saturated rings. The summed E-state index contributed by atoms with van der Waals surface area (Å²) in [6.45, 7) is 0. The molecule has 0 unspecified atom stereocenters. The van der Waals surface area contributed by atoms with E-state index in [4.69, 9.17) is 32.8 Å². The highest BCUT2D eigenvalue weighted by Crippen LogP contribution is 1.56. The van der Waals surface area contributed by atoms with Crippen LogP contribution in [0.3, 0.4) is 0 Å². The second-order valence-electron chi connectivity index (χ2n) is 1.13. The molecule has 9 heteroatoms. The highest BCUT2D eigenvalue weighted by molar-refractivity contribution is 7.83. The highest BCUT2D eigenvalue weighted by atomic mass is 32.2. The lowest BCUT2D eigenvalue weighted by Gasteiger charge is -1.72. The smallest absolute Gasteiger partial charge is 0.414 e. The van der Waals surface area contributed by atoms with Crippen LogP contribution in [0.4, 0.5) is 0 Å². The molecule has 11 heavy (non-hydrogen) atoms. The lowest BCUT2D eigenvalue weighted by atomic mass is 10.7. The number of carboxylic acids is 2. The third-order valence-electron chi connectivity index (χ3n) is 0.183. The van der Waals surface area contributed by atoms with Gasteiger partial charge in [-0.15, -0.1) is 0 Å². The first-order chi connectivity index (χ1) is 4.64. The average Bonchev–Trinajstić information content (AvgIpc) is 1.59. The van der Waals surface area contributed by atoms with Gasteiger partial charge < -0.3 is 10.2 Å². The molecule has 0 spiro atoms. The third-order valence-corrected chi connectivity index (χ3v) is 0.183. The maximum Gasteiger partial charge on any atom is 0.414 e. The third kappa shape index (κ3) is 51.7. The first-order valence-corrected chi connectivity index (χ1v) is 3.36. The molecule has 0 radical (unpaired) electrons. The maximum atomic E-state index is 9.10. The van der Waals surface area contributed by atoms with E-state index in [-0.39, 0.29) is 0 Å². The van der Waals surface area contributed by atoms with Crippen LogP contribution in [0.2, 0.25) is 0 Å². The summed E-state index contributed by atoms with van der Waals surface area (Å²) >= 11 is 0. The minimum absolute atomic E-state index is 1.82. The molecule has 0 aromatic heterocycles. The Kier molecular flexibility index (Phi) is 5.22. The van der Waals surface area contributed by atoms with Gasteiger partial charge in [-0.1, -0.05) is 0 Å². The molecule has 0 aromatic rings. The second-order valence-corrected chi connectivity index (χ2v) is 2.16. The summed E-state index contributed by atoms with van der Waals surface area (Å²) in [5.74, 6) is -3.65. The number of carboxylic acid groups (broad SMARTS) is 2. The quantitative estimate of drug-likeness (QED) is 0.250. The van der Waals surface area contributed by atoms with E-state index in [1.54, 1.807) is 0 Å². The van der Waals surface area contributed by atoms with Crippen molar-refractivity contribution >= 4 is 22.2 Å². The van der Waals surface area contributed by atoms with Gasteiger partial charge in [0.05, 0.1) is 0 Å². The number of rotatable bonds is 0. The van der Waals surface area contributed by atoms with Gasteiger partial charge in [-0.2, -0.15) is 8.42 Å². The van der Waals surface area contributed by atoms with Gasteiger partial charge in [0.2, 0.25) is 0 Å². The van der Waals surface area contributed by atoms with Crippen molar-refractivity contribution in [2.75, 3.05) is 0 Å². The Hall–Kier alpha value is -1.19. The first kappa shape index (κ1) is 12.5. The van der Waals surface area contributed by atoms with Crippen molar-refractivity contribution in [2.45, 2.75) is 0 Å². The topological polar surface area (TPSA) is 155 Å². The van der Waals surface area contributed by atoms with E-state index in [2.05, 4.69) is 5.14 Å². The molecule has 0 aliphatic rings. The minimum Gasteiger partial charge on any atom is -0.473 e. The minimum atomic E-state index is -4.17. The fourth-order valence-corrected chi connectivity index (χ4v) is 0. The molecule has 0 aliphatic carbocycles. The van der Waals surface area contributed by atoms with Gasteiger partial charge in [0.1, 0.15) is 0 Å². The number of hydrogen-bond donors (Lipinski definition) is 4. The molecule has 0 bridgehead atoms. The van der Waals surface area contributed by atoms with E-state index in [0.717, 1.165) is 0 Å². The van der Waals surface area contributed by atoms with Crippen molar-refractivity contribution in [2.24, 2.45) is 5.14 Å². The van der Waals surface area contributed by atoms with Crippen molar-refractivity contribution in [3.63, 3.8) is 0 Å². The summed E-state index contributed by atoms with van der Waals surface area (Å²) in [5, 5.41) is 18.7. The van der Waals surface area contributed by atoms with Crippen molar-refractivity contribution in [1.82, 2.24) is 0 Å². The van der Waals surface area contributed by atoms with E-state index in [9.17, 15) is 0 Å². The van der Waals surface area contributed by atoms with Crippen LogP contribution < -0.4 is 5.14 Å². The van der Waals surface area contributed by atoms with Crippen LogP contribution in [0.25, 0.3) is 0 Å². The van der Waals surface area contributed by atoms with Crippen molar-refractivity contribution in [1.29, 1.82) is 0 Å². The summed E-state index contributed by atoms with van der Waals surface area (Å²) in [4.78, 5) is 18.2. The molecular weight excluding hydrogens is 182 g/mol. The molecule has 0 aliphatic heterocycles. The summed E-state index contributed by atoms with van der Waals surface area (Å²) in [5.41, 5.74) is 0. The van der Waals surface area contributed by atoms with Gasteiger partial charge in [0, 0.05) is 0 Å². The molecule has 8 nitrogen and oxygen atoms in total. The van der Waals surface area contributed by atoms with Crippen molar-refractivity contribution in [3.8, 4) is 0 Å². The Bertz CT molecular complexity index is 219. The van der Waals surface area contributed by atoms with Crippen LogP contribution in [-0.4, -0.2) is 35.1 Å². The number of carbonyl (C=O) groups is 2. The van der Waals surface area contributed by atoms with E-state index < -0.39 is 22.2 Å². The van der Waals surface area contributed by atoms with Crippen LogP contribution >= 0.6 is 0 Å². The molecule has 5 N–H and O–H groups in total. The van der Waals surface area contributed by atoms with Gasteiger partial charge in [-0.25, -0.2) is 14.7 Å². The summed E-state index contributed by atoms with van der Waals surface area (Å²) in [6, 6.07) is 0. The fraction of sp³-hybridized carbons (Fsp3) is 0. The molecule has 0 heterocycles. The van der Waals surface area contributed by atoms with Crippen LogP contribution in [0.5, 0.6) is 0 Å². The van der Waals surface area contributed by atoms with Gasteiger partial charge in [0.15, 0.2) is 0 Å². The van der Waals surface area contributed by atoms with E-state index >= 15 is 0 Å². The Labute approximate surface area is 61.1 Å². The zero-order chi connectivity index (χ0) is 9.65. The molecule has 0 saturated heterocycles. The van der Waals surface area contributed by atoms with E-state index in [1.807, 2.05) is 0 Å². The Balaban J connectivity index is 0. The Morgan fingerprint density at radius 3 is 1.18 bits per heavy atom. The average molecular weight is 187 g/mol. The van der Waals surface area contributed by atoms with Gasteiger partial charge in [-0.3, -0.25) is 4.55 Å². The first-order valence-electron chi connectivity index (χ1n) is 1.86. The fourth-order valence-electron chi connectivity index (χ4n) is 0. The zero-order valence-corrected chi connectivity index (χ0v) is 5.78. The largest absolute Gasteiger partial charge is 0.473 e. The second kappa shape index (κ2) is 4.60. The summed E-state index contributed by atoms with van der Waals surface area (Å²) < 4.78 is 25.2. The predicted octanol–water partition coefficient (Wildman–Crippen LogP) is -2.10. The number of hydrogen-bond acceptors (Lipinski definition) is 4. The molecule has 0 saturated carbocycles. The van der Waals surface area contributed by atoms with Gasteiger partial charge in [0.25, 0.3) is 0 Å². The summed E-state index contributed by atoms with van der Waals surface area (Å²) in [7, 11) is -4.17. The normalized spacial score (nSPS) is 9.27. The van der Waals surface area contributed by atoms with Gasteiger partial charge in [-0.05, 0) is 0 Å². The Morgan fingerprint density at radius 2 is 1.18 bits per heavy atom. The molecule has 0 rings (SSSR count). The lowest BCUT2D eigenvalue weighted by molar-refractivity contribution is -0.159. The van der Waals surface area contributed by atoms with Crippen molar-refractivity contribution < 1.29 is 32.8 Å². The van der Waals surface area contributed by atoms with Crippen LogP contribution in [0, 0.1) is 0 Å². The van der Waals surface area contributed by atoms with Crippen LogP contribution in [-0.2, 0) is 19.9 Å². The van der Waals surface area contributed by atoms with Crippen molar-refractivity contribution in [3.05, 3.63) is 0 Å². The van der Waals surface area contributed by atoms with E-state index in [0.29, 0.717) is 0 Å². The molecular formula is C2H5NO7S. The molecule has 0 amide bonds.